The Balaban J connectivity index is 1.72. The van der Waals surface area contributed by atoms with Crippen molar-refractivity contribution in [3.05, 3.63) is 41.1 Å². The molecule has 0 aliphatic heterocycles. The van der Waals surface area contributed by atoms with E-state index in [9.17, 15) is 14.4 Å². The average molecular weight is 514 g/mol. The van der Waals surface area contributed by atoms with E-state index >= 15 is 0 Å². The topological polar surface area (TPSA) is 103 Å². The van der Waals surface area contributed by atoms with Crippen molar-refractivity contribution in [3.63, 3.8) is 0 Å². The van der Waals surface area contributed by atoms with Crippen molar-refractivity contribution in [2.45, 2.75) is 70.0 Å². The van der Waals surface area contributed by atoms with Gasteiger partial charge in [-0.2, -0.15) is 0 Å². The lowest BCUT2D eigenvalue weighted by atomic mass is 9.90. The van der Waals surface area contributed by atoms with E-state index < -0.39 is 0 Å². The fraction of sp³-hybridized carbons (Fsp3) is 0.607. The molecule has 1 fully saturated rings. The summed E-state index contributed by atoms with van der Waals surface area (Å²) in [6, 6.07) is 5.88. The first-order chi connectivity index (χ1) is 17.7. The fourth-order valence-corrected chi connectivity index (χ4v) is 4.97. The van der Waals surface area contributed by atoms with Gasteiger partial charge in [-0.05, 0) is 98.3 Å². The first-order valence-corrected chi connectivity index (χ1v) is 13.3. The standard InChI is InChI=1S/C28H43N5O4/c1-6-29-26(34)18-37-25-16-19(27(35)30-21-7-11-23(12-8-21)32(2)3)15-20(17-25)28(36)31-22-9-13-24(14-10-22)33(4)5/h7,15-17,22-24H,6,8-14,18H2,1-5H3,(H,29,34)(H,30,35)(H,31,36). The summed E-state index contributed by atoms with van der Waals surface area (Å²) in [7, 11) is 8.31. The Kier molecular flexibility index (Phi) is 10.5. The van der Waals surface area contributed by atoms with E-state index in [2.05, 4.69) is 60.0 Å². The van der Waals surface area contributed by atoms with Crippen LogP contribution in [-0.4, -0.2) is 87.0 Å². The first kappa shape index (κ1) is 28.7. The summed E-state index contributed by atoms with van der Waals surface area (Å²) in [6.45, 7) is 2.14. The number of hydrogen-bond donors (Lipinski definition) is 3. The van der Waals surface area contributed by atoms with Gasteiger partial charge in [0.25, 0.3) is 17.7 Å². The third-order valence-corrected chi connectivity index (χ3v) is 7.32. The third-order valence-electron chi connectivity index (χ3n) is 7.32. The molecule has 3 N–H and O–H groups in total. The van der Waals surface area contributed by atoms with Gasteiger partial charge in [-0.1, -0.05) is 6.08 Å². The summed E-state index contributed by atoms with van der Waals surface area (Å²) in [4.78, 5) is 42.7. The molecular weight excluding hydrogens is 470 g/mol. The number of carbonyl (C=O) groups is 3. The summed E-state index contributed by atoms with van der Waals surface area (Å²) in [5.41, 5.74) is 1.56. The Morgan fingerprint density at radius 2 is 1.54 bits per heavy atom. The summed E-state index contributed by atoms with van der Waals surface area (Å²) < 4.78 is 5.67. The maximum Gasteiger partial charge on any atom is 0.257 e. The molecule has 0 saturated heterocycles. The number of likely N-dealkylation sites (N-methyl/N-ethyl adjacent to an activating group) is 1. The molecule has 0 radical (unpaired) electrons. The van der Waals surface area contributed by atoms with Gasteiger partial charge < -0.3 is 30.5 Å². The molecule has 0 aromatic heterocycles. The number of nitrogens with zero attached hydrogens (tertiary/aromatic N) is 2. The number of benzene rings is 1. The third kappa shape index (κ3) is 8.57. The van der Waals surface area contributed by atoms with Crippen molar-refractivity contribution in [2.75, 3.05) is 41.3 Å². The minimum Gasteiger partial charge on any atom is -0.484 e. The van der Waals surface area contributed by atoms with Crippen LogP contribution in [0.3, 0.4) is 0 Å². The van der Waals surface area contributed by atoms with E-state index in [0.29, 0.717) is 35.5 Å². The van der Waals surface area contributed by atoms with Crippen LogP contribution in [0.25, 0.3) is 0 Å². The quantitative estimate of drug-likeness (QED) is 0.444. The Morgan fingerprint density at radius 1 is 0.892 bits per heavy atom. The van der Waals surface area contributed by atoms with Gasteiger partial charge in [0.05, 0.1) is 0 Å². The zero-order valence-electron chi connectivity index (χ0n) is 22.9. The van der Waals surface area contributed by atoms with Crippen molar-refractivity contribution < 1.29 is 19.1 Å². The maximum atomic E-state index is 13.2. The van der Waals surface area contributed by atoms with Crippen molar-refractivity contribution in [3.8, 4) is 5.75 Å². The molecule has 1 aromatic carbocycles. The minimum absolute atomic E-state index is 0.0953. The van der Waals surface area contributed by atoms with Crippen molar-refractivity contribution in [1.82, 2.24) is 25.8 Å². The average Bonchev–Trinajstić information content (AvgIpc) is 2.88. The predicted molar refractivity (Wildman–Crippen MR) is 145 cm³/mol. The van der Waals surface area contributed by atoms with Crippen molar-refractivity contribution in [2.24, 2.45) is 0 Å². The monoisotopic (exact) mass is 513 g/mol. The first-order valence-electron chi connectivity index (χ1n) is 13.3. The minimum atomic E-state index is -0.293. The van der Waals surface area contributed by atoms with Gasteiger partial charge in [0.1, 0.15) is 5.75 Å². The molecule has 2 aliphatic carbocycles. The van der Waals surface area contributed by atoms with Gasteiger partial charge in [0.2, 0.25) is 0 Å². The van der Waals surface area contributed by atoms with Crippen LogP contribution in [0.4, 0.5) is 0 Å². The Hall–Kier alpha value is -2.91. The molecular formula is C28H43N5O4. The number of amides is 3. The number of ether oxygens (including phenoxy) is 1. The Morgan fingerprint density at radius 3 is 2.11 bits per heavy atom. The zero-order valence-corrected chi connectivity index (χ0v) is 22.9. The van der Waals surface area contributed by atoms with Crippen LogP contribution in [-0.2, 0) is 4.79 Å². The summed E-state index contributed by atoms with van der Waals surface area (Å²) in [6.07, 6.45) is 8.59. The maximum absolute atomic E-state index is 13.2. The van der Waals surface area contributed by atoms with E-state index in [1.165, 1.54) is 0 Å². The molecule has 1 saturated carbocycles. The van der Waals surface area contributed by atoms with Gasteiger partial charge in [-0.3, -0.25) is 14.4 Å². The molecule has 37 heavy (non-hydrogen) atoms. The molecule has 1 aromatic rings. The highest BCUT2D eigenvalue weighted by molar-refractivity contribution is 6.01. The normalized spacial score (nSPS) is 21.8. The van der Waals surface area contributed by atoms with Gasteiger partial charge in [-0.15, -0.1) is 0 Å². The number of allylic oxidation sites excluding steroid dienone is 1. The Bertz CT molecular complexity index is 983. The van der Waals surface area contributed by atoms with Gasteiger partial charge in [0.15, 0.2) is 6.61 Å². The van der Waals surface area contributed by atoms with Gasteiger partial charge in [0, 0.05) is 41.5 Å². The molecule has 9 nitrogen and oxygen atoms in total. The molecule has 3 rings (SSSR count). The molecule has 9 heteroatoms. The second-order valence-electron chi connectivity index (χ2n) is 10.5. The highest BCUT2D eigenvalue weighted by Gasteiger charge is 2.25. The SMILES string of the molecule is CCNC(=O)COc1cc(C(=O)NC2=CCC(N(C)C)CC2)cc(C(=O)NC2CCC(N(C)C)CC2)c1. The smallest absolute Gasteiger partial charge is 0.257 e. The molecule has 1 unspecified atom stereocenters. The summed E-state index contributed by atoms with van der Waals surface area (Å²) >= 11 is 0. The molecule has 2 aliphatic rings. The lowest BCUT2D eigenvalue weighted by molar-refractivity contribution is -0.122. The number of hydrogen-bond acceptors (Lipinski definition) is 6. The van der Waals surface area contributed by atoms with Crippen LogP contribution in [0.2, 0.25) is 0 Å². The lowest BCUT2D eigenvalue weighted by Crippen LogP contribution is -2.41. The van der Waals surface area contributed by atoms with E-state index in [-0.39, 0.29) is 30.4 Å². The summed E-state index contributed by atoms with van der Waals surface area (Å²) in [5, 5.41) is 8.82. The van der Waals surface area contributed by atoms with Gasteiger partial charge >= 0.3 is 0 Å². The Labute approximate surface area is 221 Å². The second kappa shape index (κ2) is 13.6. The van der Waals surface area contributed by atoms with Crippen LogP contribution in [0.15, 0.2) is 30.0 Å². The zero-order chi connectivity index (χ0) is 26.9. The van der Waals surface area contributed by atoms with Crippen molar-refractivity contribution in [1.29, 1.82) is 0 Å². The van der Waals surface area contributed by atoms with Crippen LogP contribution >= 0.6 is 0 Å². The van der Waals surface area contributed by atoms with E-state index in [1.807, 2.05) is 6.92 Å². The summed E-state index contributed by atoms with van der Waals surface area (Å²) in [5.74, 6) is -0.482. The molecule has 3 amide bonds. The largest absolute Gasteiger partial charge is 0.484 e. The molecule has 0 heterocycles. The van der Waals surface area contributed by atoms with Crippen LogP contribution < -0.4 is 20.7 Å². The van der Waals surface area contributed by atoms with Crippen molar-refractivity contribution >= 4 is 17.7 Å². The highest BCUT2D eigenvalue weighted by atomic mass is 16.5. The second-order valence-corrected chi connectivity index (χ2v) is 10.5. The number of nitrogens with one attached hydrogen (secondary N) is 3. The van der Waals surface area contributed by atoms with E-state index in [4.69, 9.17) is 4.74 Å². The molecule has 204 valence electrons. The van der Waals surface area contributed by atoms with E-state index in [0.717, 1.165) is 50.6 Å². The molecule has 1 atom stereocenters. The van der Waals surface area contributed by atoms with Crippen LogP contribution in [0.1, 0.15) is 72.6 Å². The van der Waals surface area contributed by atoms with Crippen LogP contribution in [0.5, 0.6) is 5.75 Å². The predicted octanol–water partition coefficient (Wildman–Crippen LogP) is 2.53. The molecule has 0 bridgehead atoms. The fourth-order valence-electron chi connectivity index (χ4n) is 4.97. The van der Waals surface area contributed by atoms with Crippen LogP contribution in [0, 0.1) is 0 Å². The van der Waals surface area contributed by atoms with Gasteiger partial charge in [-0.25, -0.2) is 0 Å². The number of carbonyl (C=O) groups excluding carboxylic acids is 3. The molecule has 0 spiro atoms. The number of rotatable bonds is 10. The lowest BCUT2D eigenvalue weighted by Gasteiger charge is -2.33. The van der Waals surface area contributed by atoms with E-state index in [1.54, 1.807) is 18.2 Å². The highest BCUT2D eigenvalue weighted by Crippen LogP contribution is 2.24.